The van der Waals surface area contributed by atoms with E-state index in [2.05, 4.69) is 43.5 Å². The first-order chi connectivity index (χ1) is 15.7. The molecular weight excluding hydrogens is 416 g/mol. The summed E-state index contributed by atoms with van der Waals surface area (Å²) < 4.78 is 11.4. The van der Waals surface area contributed by atoms with Crippen LogP contribution < -0.4 is 20.1 Å². The lowest BCUT2D eigenvalue weighted by Gasteiger charge is -2.19. The molecule has 0 unspecified atom stereocenters. The molecule has 2 N–H and O–H groups in total. The smallest absolute Gasteiger partial charge is 0.255 e. The molecular formula is C27H30N2O4. The summed E-state index contributed by atoms with van der Waals surface area (Å²) in [6.45, 7) is 8.20. The standard InChI is InChI=1S/C27H30N2O4/c1-18(30)28-22-7-6-8-23(16-22)29-26(31)19-9-14-25(32-5)20(15-19)17-33-24-12-10-21(11-13-24)27(2,3)4/h6-16H,17H2,1-5H3,(H,28,30)(H,29,31). The fraction of sp³-hybridized carbons (Fsp3) is 0.259. The van der Waals surface area contributed by atoms with Crippen LogP contribution in [0, 0.1) is 0 Å². The van der Waals surface area contributed by atoms with E-state index in [-0.39, 0.29) is 23.8 Å². The van der Waals surface area contributed by atoms with Crippen molar-refractivity contribution < 1.29 is 19.1 Å². The number of nitrogens with one attached hydrogen (secondary N) is 2. The molecule has 0 fully saturated rings. The van der Waals surface area contributed by atoms with Gasteiger partial charge in [-0.15, -0.1) is 0 Å². The van der Waals surface area contributed by atoms with Crippen LogP contribution in [0.4, 0.5) is 11.4 Å². The maximum atomic E-state index is 12.8. The highest BCUT2D eigenvalue weighted by molar-refractivity contribution is 6.05. The Hall–Kier alpha value is -3.80. The zero-order chi connectivity index (χ0) is 24.0. The third kappa shape index (κ3) is 6.59. The van der Waals surface area contributed by atoms with Gasteiger partial charge < -0.3 is 20.1 Å². The molecule has 0 aliphatic carbocycles. The number of anilines is 2. The number of amides is 2. The van der Waals surface area contributed by atoms with Crippen molar-refractivity contribution in [1.29, 1.82) is 0 Å². The molecule has 0 aliphatic heterocycles. The van der Waals surface area contributed by atoms with Gasteiger partial charge in [0.1, 0.15) is 18.1 Å². The highest BCUT2D eigenvalue weighted by Gasteiger charge is 2.14. The number of carbonyl (C=O) groups is 2. The highest BCUT2D eigenvalue weighted by atomic mass is 16.5. The monoisotopic (exact) mass is 446 g/mol. The van der Waals surface area contributed by atoms with Crippen molar-refractivity contribution in [3.8, 4) is 11.5 Å². The molecule has 0 saturated heterocycles. The van der Waals surface area contributed by atoms with Crippen LogP contribution in [-0.2, 0) is 16.8 Å². The summed E-state index contributed by atoms with van der Waals surface area (Å²) in [7, 11) is 1.59. The minimum Gasteiger partial charge on any atom is -0.496 e. The fourth-order valence-electron chi connectivity index (χ4n) is 3.33. The summed E-state index contributed by atoms with van der Waals surface area (Å²) in [5.74, 6) is 0.944. The van der Waals surface area contributed by atoms with Crippen molar-refractivity contribution in [2.24, 2.45) is 0 Å². The first-order valence-corrected chi connectivity index (χ1v) is 10.7. The number of hydrogen-bond acceptors (Lipinski definition) is 4. The van der Waals surface area contributed by atoms with Gasteiger partial charge in [-0.1, -0.05) is 39.0 Å². The molecule has 6 nitrogen and oxygen atoms in total. The van der Waals surface area contributed by atoms with Crippen molar-refractivity contribution in [1.82, 2.24) is 0 Å². The van der Waals surface area contributed by atoms with Crippen LogP contribution in [0.3, 0.4) is 0 Å². The van der Waals surface area contributed by atoms with Crippen LogP contribution in [0.5, 0.6) is 11.5 Å². The summed E-state index contributed by atoms with van der Waals surface area (Å²) >= 11 is 0. The second-order valence-electron chi connectivity index (χ2n) is 8.81. The lowest BCUT2D eigenvalue weighted by Crippen LogP contribution is -2.13. The van der Waals surface area contributed by atoms with E-state index in [9.17, 15) is 9.59 Å². The molecule has 0 bridgehead atoms. The molecule has 3 rings (SSSR count). The van der Waals surface area contributed by atoms with Gasteiger partial charge in [0.2, 0.25) is 5.91 Å². The van der Waals surface area contributed by atoms with Gasteiger partial charge >= 0.3 is 0 Å². The van der Waals surface area contributed by atoms with Gasteiger partial charge in [0.25, 0.3) is 5.91 Å². The van der Waals surface area contributed by atoms with Crippen LogP contribution in [0.15, 0.2) is 66.7 Å². The molecule has 0 atom stereocenters. The third-order valence-corrected chi connectivity index (χ3v) is 5.10. The molecule has 0 radical (unpaired) electrons. The molecule has 6 heteroatoms. The zero-order valence-electron chi connectivity index (χ0n) is 19.7. The summed E-state index contributed by atoms with van der Waals surface area (Å²) in [4.78, 5) is 24.1. The van der Waals surface area contributed by atoms with Crippen molar-refractivity contribution in [3.63, 3.8) is 0 Å². The number of ether oxygens (including phenoxy) is 2. The van der Waals surface area contributed by atoms with E-state index in [1.54, 1.807) is 49.6 Å². The lowest BCUT2D eigenvalue weighted by atomic mass is 9.87. The highest BCUT2D eigenvalue weighted by Crippen LogP contribution is 2.26. The first kappa shape index (κ1) is 23.9. The predicted molar refractivity (Wildman–Crippen MR) is 131 cm³/mol. The molecule has 0 heterocycles. The molecule has 3 aromatic rings. The summed E-state index contributed by atoms with van der Waals surface area (Å²) in [5, 5.41) is 5.56. The van der Waals surface area contributed by atoms with Crippen LogP contribution in [-0.4, -0.2) is 18.9 Å². The van der Waals surface area contributed by atoms with Crippen LogP contribution >= 0.6 is 0 Å². The average molecular weight is 447 g/mol. The second kappa shape index (κ2) is 10.2. The van der Waals surface area contributed by atoms with E-state index < -0.39 is 0 Å². The minimum atomic E-state index is -0.270. The number of methoxy groups -OCH3 is 1. The van der Waals surface area contributed by atoms with Crippen LogP contribution in [0.25, 0.3) is 0 Å². The van der Waals surface area contributed by atoms with Crippen LogP contribution in [0.1, 0.15) is 49.2 Å². The fourth-order valence-corrected chi connectivity index (χ4v) is 3.33. The van der Waals surface area contributed by atoms with Crippen molar-refractivity contribution in [2.45, 2.75) is 39.7 Å². The molecule has 172 valence electrons. The molecule has 0 aliphatic rings. The van der Waals surface area contributed by atoms with E-state index in [0.717, 1.165) is 11.3 Å². The Bertz CT molecular complexity index is 1130. The number of hydrogen-bond donors (Lipinski definition) is 2. The minimum absolute atomic E-state index is 0.0745. The maximum absolute atomic E-state index is 12.8. The Morgan fingerprint density at radius 1 is 0.879 bits per heavy atom. The van der Waals surface area contributed by atoms with Gasteiger partial charge in [-0.2, -0.15) is 0 Å². The van der Waals surface area contributed by atoms with E-state index >= 15 is 0 Å². The summed E-state index contributed by atoms with van der Waals surface area (Å²) in [6, 6.07) is 20.2. The molecule has 0 aromatic heterocycles. The molecule has 3 aromatic carbocycles. The van der Waals surface area contributed by atoms with E-state index in [1.807, 2.05) is 12.1 Å². The second-order valence-corrected chi connectivity index (χ2v) is 8.81. The van der Waals surface area contributed by atoms with Gasteiger partial charge in [0.15, 0.2) is 0 Å². The normalized spacial score (nSPS) is 10.9. The largest absolute Gasteiger partial charge is 0.496 e. The number of benzene rings is 3. The number of carbonyl (C=O) groups excluding carboxylic acids is 2. The Morgan fingerprint density at radius 2 is 1.55 bits per heavy atom. The molecule has 2 amide bonds. The Kier molecular flexibility index (Phi) is 7.38. The Labute approximate surface area is 194 Å². The van der Waals surface area contributed by atoms with Gasteiger partial charge in [-0.05, 0) is 59.5 Å². The van der Waals surface area contributed by atoms with Crippen LogP contribution in [0.2, 0.25) is 0 Å². The van der Waals surface area contributed by atoms with E-state index in [0.29, 0.717) is 22.7 Å². The predicted octanol–water partition coefficient (Wildman–Crippen LogP) is 5.78. The summed E-state index contributed by atoms with van der Waals surface area (Å²) in [6.07, 6.45) is 0. The van der Waals surface area contributed by atoms with Crippen molar-refractivity contribution in [3.05, 3.63) is 83.4 Å². The molecule has 0 saturated carbocycles. The Morgan fingerprint density at radius 3 is 2.15 bits per heavy atom. The van der Waals surface area contributed by atoms with Crippen molar-refractivity contribution >= 4 is 23.2 Å². The van der Waals surface area contributed by atoms with E-state index in [1.165, 1.54) is 12.5 Å². The van der Waals surface area contributed by atoms with Gasteiger partial charge in [0.05, 0.1) is 7.11 Å². The van der Waals surface area contributed by atoms with Gasteiger partial charge in [0, 0.05) is 29.4 Å². The van der Waals surface area contributed by atoms with Gasteiger partial charge in [-0.25, -0.2) is 0 Å². The quantitative estimate of drug-likeness (QED) is 0.482. The summed E-state index contributed by atoms with van der Waals surface area (Å²) in [5.41, 5.74) is 3.74. The zero-order valence-corrected chi connectivity index (χ0v) is 19.7. The number of rotatable bonds is 7. The Balaban J connectivity index is 1.72. The third-order valence-electron chi connectivity index (χ3n) is 5.10. The van der Waals surface area contributed by atoms with Gasteiger partial charge in [-0.3, -0.25) is 9.59 Å². The first-order valence-electron chi connectivity index (χ1n) is 10.7. The lowest BCUT2D eigenvalue weighted by molar-refractivity contribution is -0.114. The SMILES string of the molecule is COc1ccc(C(=O)Nc2cccc(NC(C)=O)c2)cc1COc1ccc(C(C)(C)C)cc1. The average Bonchev–Trinajstić information content (AvgIpc) is 2.77. The van der Waals surface area contributed by atoms with E-state index in [4.69, 9.17) is 9.47 Å². The molecule has 33 heavy (non-hydrogen) atoms. The maximum Gasteiger partial charge on any atom is 0.255 e. The van der Waals surface area contributed by atoms with Crippen molar-refractivity contribution in [2.75, 3.05) is 17.7 Å². The molecule has 0 spiro atoms. The topological polar surface area (TPSA) is 76.7 Å².